The number of nitrogens with zero attached hydrogens (tertiary/aromatic N) is 2. The van der Waals surface area contributed by atoms with Crippen LogP contribution in [0.4, 0.5) is 5.69 Å². The number of hydrogen-bond donors (Lipinski definition) is 2. The Morgan fingerprint density at radius 2 is 2.10 bits per heavy atom. The van der Waals surface area contributed by atoms with Gasteiger partial charge in [0.1, 0.15) is 17.7 Å². The molecule has 1 rings (SSSR count). The molecule has 0 radical (unpaired) electrons. The Balaban J connectivity index is 2.73. The summed E-state index contributed by atoms with van der Waals surface area (Å²) in [7, 11) is 0. The van der Waals surface area contributed by atoms with Gasteiger partial charge in [-0.1, -0.05) is 12.1 Å². The van der Waals surface area contributed by atoms with Gasteiger partial charge in [0.25, 0.3) is 5.91 Å². The number of amides is 1. The molecule has 0 bridgehead atoms. The smallest absolute Gasteiger partial charge is 0.263 e. The minimum Gasteiger partial charge on any atom is -0.359 e. The van der Waals surface area contributed by atoms with Crippen molar-refractivity contribution in [2.24, 2.45) is 0 Å². The molecule has 0 saturated heterocycles. The average Bonchev–Trinajstić information content (AvgIpc) is 2.48. The third kappa shape index (κ3) is 4.64. The Morgan fingerprint density at radius 3 is 2.75 bits per heavy atom. The van der Waals surface area contributed by atoms with E-state index < -0.39 is 5.91 Å². The zero-order chi connectivity index (χ0) is 14.8. The summed E-state index contributed by atoms with van der Waals surface area (Å²) >= 11 is 5.50. The first-order valence-electron chi connectivity index (χ1n) is 5.93. The molecule has 6 heteroatoms. The molecule has 0 atom stereocenters. The topological polar surface area (TPSA) is 88.7 Å². The van der Waals surface area contributed by atoms with Crippen LogP contribution >= 0.6 is 11.6 Å². The highest BCUT2D eigenvalue weighted by molar-refractivity contribution is 6.17. The van der Waals surface area contributed by atoms with Crippen molar-refractivity contribution in [3.05, 3.63) is 41.6 Å². The van der Waals surface area contributed by atoms with E-state index in [4.69, 9.17) is 22.1 Å². The number of benzene rings is 1. The molecule has 0 saturated carbocycles. The van der Waals surface area contributed by atoms with Crippen LogP contribution in [0, 0.1) is 22.7 Å². The number of anilines is 1. The molecule has 0 spiro atoms. The van der Waals surface area contributed by atoms with Gasteiger partial charge in [0.15, 0.2) is 0 Å². The lowest BCUT2D eigenvalue weighted by Gasteiger charge is -2.05. The van der Waals surface area contributed by atoms with Crippen LogP contribution in [0.25, 0.3) is 0 Å². The fourth-order valence-corrected chi connectivity index (χ4v) is 1.50. The molecule has 0 fully saturated rings. The van der Waals surface area contributed by atoms with E-state index in [1.54, 1.807) is 24.3 Å². The molecule has 0 aliphatic rings. The van der Waals surface area contributed by atoms with Crippen LogP contribution in [0.5, 0.6) is 0 Å². The Morgan fingerprint density at radius 1 is 1.35 bits per heavy atom. The van der Waals surface area contributed by atoms with Gasteiger partial charge in [0, 0.05) is 18.6 Å². The standard InChI is InChI=1S/C14H13ClN4O/c15-6-3-7-18-14(20)12(9-17)10-19-13-5-2-1-4-11(13)8-16/h1-2,4-5,10,19H,3,6-7H2,(H,18,20)/b12-10-. The Labute approximate surface area is 122 Å². The van der Waals surface area contributed by atoms with E-state index in [9.17, 15) is 4.79 Å². The number of para-hydroxylation sites is 1. The van der Waals surface area contributed by atoms with Gasteiger partial charge in [-0.25, -0.2) is 0 Å². The first-order valence-corrected chi connectivity index (χ1v) is 6.46. The third-order valence-electron chi connectivity index (χ3n) is 2.38. The van der Waals surface area contributed by atoms with Crippen LogP contribution in [0.1, 0.15) is 12.0 Å². The predicted molar refractivity (Wildman–Crippen MR) is 76.8 cm³/mol. The minimum absolute atomic E-state index is 0.0627. The summed E-state index contributed by atoms with van der Waals surface area (Å²) in [6.07, 6.45) is 1.92. The predicted octanol–water partition coefficient (Wildman–Crippen LogP) is 2.12. The summed E-state index contributed by atoms with van der Waals surface area (Å²) in [6, 6.07) is 10.6. The Hall–Kier alpha value is -2.50. The van der Waals surface area contributed by atoms with Crippen molar-refractivity contribution < 1.29 is 4.79 Å². The van der Waals surface area contributed by atoms with Crippen molar-refractivity contribution in [2.45, 2.75) is 6.42 Å². The summed E-state index contributed by atoms with van der Waals surface area (Å²) in [5.41, 5.74) is 0.909. The van der Waals surface area contributed by atoms with E-state index in [2.05, 4.69) is 10.6 Å². The second-order valence-corrected chi connectivity index (χ2v) is 4.15. The highest BCUT2D eigenvalue weighted by atomic mass is 35.5. The van der Waals surface area contributed by atoms with E-state index in [-0.39, 0.29) is 5.57 Å². The van der Waals surface area contributed by atoms with E-state index in [0.29, 0.717) is 30.1 Å². The van der Waals surface area contributed by atoms with Crippen molar-refractivity contribution in [3.63, 3.8) is 0 Å². The summed E-state index contributed by atoms with van der Waals surface area (Å²) < 4.78 is 0. The second-order valence-electron chi connectivity index (χ2n) is 3.77. The quantitative estimate of drug-likeness (QED) is 0.363. The molecule has 1 aromatic carbocycles. The Bertz CT molecular complexity index is 584. The molecular weight excluding hydrogens is 276 g/mol. The van der Waals surface area contributed by atoms with Crippen LogP contribution in [-0.4, -0.2) is 18.3 Å². The maximum absolute atomic E-state index is 11.7. The lowest BCUT2D eigenvalue weighted by molar-refractivity contribution is -0.117. The van der Waals surface area contributed by atoms with Crippen molar-refractivity contribution in [3.8, 4) is 12.1 Å². The molecule has 20 heavy (non-hydrogen) atoms. The van der Waals surface area contributed by atoms with Crippen LogP contribution in [0.15, 0.2) is 36.0 Å². The normalized spacial score (nSPS) is 10.2. The van der Waals surface area contributed by atoms with E-state index in [1.807, 2.05) is 12.1 Å². The third-order valence-corrected chi connectivity index (χ3v) is 2.65. The van der Waals surface area contributed by atoms with Crippen LogP contribution in [0.3, 0.4) is 0 Å². The maximum Gasteiger partial charge on any atom is 0.263 e. The second kappa shape index (κ2) is 8.58. The number of alkyl halides is 1. The monoisotopic (exact) mass is 288 g/mol. The molecular formula is C14H13ClN4O. The summed E-state index contributed by atoms with van der Waals surface area (Å²) in [5, 5.41) is 23.2. The van der Waals surface area contributed by atoms with Crippen molar-refractivity contribution >= 4 is 23.2 Å². The average molecular weight is 289 g/mol. The molecule has 102 valence electrons. The minimum atomic E-state index is -0.473. The molecule has 0 aliphatic carbocycles. The van der Waals surface area contributed by atoms with Gasteiger partial charge in [-0.05, 0) is 18.6 Å². The zero-order valence-corrected chi connectivity index (χ0v) is 11.4. The summed E-state index contributed by atoms with van der Waals surface area (Å²) in [6.45, 7) is 0.413. The number of carbonyl (C=O) groups is 1. The highest BCUT2D eigenvalue weighted by Gasteiger charge is 2.08. The maximum atomic E-state index is 11.7. The van der Waals surface area contributed by atoms with Crippen molar-refractivity contribution in [1.29, 1.82) is 10.5 Å². The number of nitrogens with one attached hydrogen (secondary N) is 2. The molecule has 2 N–H and O–H groups in total. The summed E-state index contributed by atoms with van der Waals surface area (Å²) in [5.74, 6) is -0.0285. The van der Waals surface area contributed by atoms with Crippen LogP contribution < -0.4 is 10.6 Å². The van der Waals surface area contributed by atoms with Crippen LogP contribution in [0.2, 0.25) is 0 Å². The van der Waals surface area contributed by atoms with Gasteiger partial charge in [0.05, 0.1) is 11.3 Å². The van der Waals surface area contributed by atoms with E-state index >= 15 is 0 Å². The molecule has 0 heterocycles. The first kappa shape index (κ1) is 15.6. The molecule has 0 unspecified atom stereocenters. The van der Waals surface area contributed by atoms with Gasteiger partial charge < -0.3 is 10.6 Å². The SMILES string of the molecule is N#C/C(=C/Nc1ccccc1C#N)C(=O)NCCCCl. The van der Waals surface area contributed by atoms with Crippen molar-refractivity contribution in [1.82, 2.24) is 5.32 Å². The van der Waals surface area contributed by atoms with Crippen LogP contribution in [-0.2, 0) is 4.79 Å². The fourth-order valence-electron chi connectivity index (χ4n) is 1.37. The number of halogens is 1. The molecule has 5 nitrogen and oxygen atoms in total. The van der Waals surface area contributed by atoms with Gasteiger partial charge in [0.2, 0.25) is 0 Å². The summed E-state index contributed by atoms with van der Waals surface area (Å²) in [4.78, 5) is 11.7. The largest absolute Gasteiger partial charge is 0.359 e. The van der Waals surface area contributed by atoms with Crippen molar-refractivity contribution in [2.75, 3.05) is 17.7 Å². The Kier molecular flexibility index (Phi) is 6.67. The lowest BCUT2D eigenvalue weighted by Crippen LogP contribution is -2.26. The fraction of sp³-hybridized carbons (Fsp3) is 0.214. The van der Waals surface area contributed by atoms with Gasteiger partial charge in [-0.15, -0.1) is 11.6 Å². The molecule has 0 aromatic heterocycles. The van der Waals surface area contributed by atoms with E-state index in [1.165, 1.54) is 6.20 Å². The highest BCUT2D eigenvalue weighted by Crippen LogP contribution is 2.13. The first-order chi connectivity index (χ1) is 9.72. The zero-order valence-electron chi connectivity index (χ0n) is 10.7. The number of nitriles is 2. The molecule has 0 aliphatic heterocycles. The number of hydrogen-bond acceptors (Lipinski definition) is 4. The molecule has 1 amide bonds. The van der Waals surface area contributed by atoms with Gasteiger partial charge >= 0.3 is 0 Å². The number of rotatable bonds is 6. The number of carbonyl (C=O) groups excluding carboxylic acids is 1. The van der Waals surface area contributed by atoms with Gasteiger partial charge in [-0.3, -0.25) is 4.79 Å². The lowest BCUT2D eigenvalue weighted by atomic mass is 10.2. The van der Waals surface area contributed by atoms with Gasteiger partial charge in [-0.2, -0.15) is 10.5 Å². The molecule has 1 aromatic rings. The van der Waals surface area contributed by atoms with E-state index in [0.717, 1.165) is 0 Å².